The van der Waals surface area contributed by atoms with Crippen LogP contribution in [0.25, 0.3) is 0 Å². The van der Waals surface area contributed by atoms with Gasteiger partial charge in [0, 0.05) is 23.6 Å². The van der Waals surface area contributed by atoms with Crippen molar-refractivity contribution in [3.8, 4) is 0 Å². The van der Waals surface area contributed by atoms with E-state index in [2.05, 4.69) is 35.8 Å². The van der Waals surface area contributed by atoms with Crippen molar-refractivity contribution in [2.75, 3.05) is 29.9 Å². The first-order chi connectivity index (χ1) is 11.2. The Bertz CT molecular complexity index is 526. The maximum Gasteiger partial charge on any atom is 0.224 e. The maximum absolute atomic E-state index is 12.4. The number of piperidine rings is 1. The van der Waals surface area contributed by atoms with Gasteiger partial charge in [-0.1, -0.05) is 19.1 Å². The van der Waals surface area contributed by atoms with Crippen LogP contribution in [0.4, 0.5) is 5.69 Å². The van der Waals surface area contributed by atoms with E-state index < -0.39 is 0 Å². The first-order valence-corrected chi connectivity index (χ1v) is 10.7. The molecule has 2 aliphatic rings. The standard InChI is InChI=1S/C18H26N2OS2/c1-13(15-5-3-7-19-12-15)10-17(21)20-16-6-2-4-14(11-16)18-22-8-9-23-18/h2,4,6,11,13,15,18-19H,3,5,7-10,12H2,1H3,(H,20,21). The summed E-state index contributed by atoms with van der Waals surface area (Å²) in [5.74, 6) is 3.66. The zero-order valence-electron chi connectivity index (χ0n) is 13.7. The average Bonchev–Trinajstić information content (AvgIpc) is 3.10. The van der Waals surface area contributed by atoms with Gasteiger partial charge < -0.3 is 10.6 Å². The summed E-state index contributed by atoms with van der Waals surface area (Å²) in [5, 5.41) is 6.54. The zero-order chi connectivity index (χ0) is 16.1. The van der Waals surface area contributed by atoms with Crippen LogP contribution < -0.4 is 10.6 Å². The lowest BCUT2D eigenvalue weighted by Crippen LogP contribution is -2.34. The van der Waals surface area contributed by atoms with Crippen molar-refractivity contribution in [2.45, 2.75) is 30.8 Å². The molecular formula is C18H26N2OS2. The van der Waals surface area contributed by atoms with Crippen molar-refractivity contribution >= 4 is 35.1 Å². The lowest BCUT2D eigenvalue weighted by atomic mass is 9.85. The number of benzene rings is 1. The Labute approximate surface area is 147 Å². The van der Waals surface area contributed by atoms with Gasteiger partial charge in [0.05, 0.1) is 4.58 Å². The molecule has 2 saturated heterocycles. The molecule has 0 radical (unpaired) electrons. The van der Waals surface area contributed by atoms with Gasteiger partial charge in [-0.3, -0.25) is 4.79 Å². The topological polar surface area (TPSA) is 41.1 Å². The molecule has 1 aromatic rings. The molecule has 1 amide bonds. The van der Waals surface area contributed by atoms with Gasteiger partial charge in [0.2, 0.25) is 5.91 Å². The highest BCUT2D eigenvalue weighted by Gasteiger charge is 2.22. The van der Waals surface area contributed by atoms with Gasteiger partial charge in [0.15, 0.2) is 0 Å². The van der Waals surface area contributed by atoms with Gasteiger partial charge in [0.1, 0.15) is 0 Å². The lowest BCUT2D eigenvalue weighted by molar-refractivity contribution is -0.117. The zero-order valence-corrected chi connectivity index (χ0v) is 15.3. The monoisotopic (exact) mass is 350 g/mol. The second kappa shape index (κ2) is 8.45. The van der Waals surface area contributed by atoms with Crippen molar-refractivity contribution in [3.63, 3.8) is 0 Å². The minimum Gasteiger partial charge on any atom is -0.326 e. The second-order valence-corrected chi connectivity index (χ2v) is 9.26. The molecule has 2 fully saturated rings. The van der Waals surface area contributed by atoms with E-state index in [0.717, 1.165) is 18.8 Å². The van der Waals surface area contributed by atoms with Gasteiger partial charge in [0.25, 0.3) is 0 Å². The van der Waals surface area contributed by atoms with Crippen LogP contribution in [-0.2, 0) is 4.79 Å². The number of thioether (sulfide) groups is 2. The van der Waals surface area contributed by atoms with E-state index in [1.807, 2.05) is 29.6 Å². The molecule has 0 aromatic heterocycles. The minimum absolute atomic E-state index is 0.145. The number of nitrogens with one attached hydrogen (secondary N) is 2. The van der Waals surface area contributed by atoms with Crippen LogP contribution in [0.3, 0.4) is 0 Å². The van der Waals surface area contributed by atoms with E-state index >= 15 is 0 Å². The second-order valence-electron chi connectivity index (χ2n) is 6.53. The highest BCUT2D eigenvalue weighted by atomic mass is 32.2. The van der Waals surface area contributed by atoms with Gasteiger partial charge in [-0.2, -0.15) is 0 Å². The number of rotatable bonds is 5. The summed E-state index contributed by atoms with van der Waals surface area (Å²) in [6.45, 7) is 4.39. The normalized spacial score (nSPS) is 23.6. The molecule has 5 heteroatoms. The highest BCUT2D eigenvalue weighted by Crippen LogP contribution is 2.45. The predicted octanol–water partition coefficient (Wildman–Crippen LogP) is 4.13. The van der Waals surface area contributed by atoms with Crippen LogP contribution in [0.1, 0.15) is 36.3 Å². The maximum atomic E-state index is 12.4. The first-order valence-electron chi connectivity index (χ1n) is 8.56. The van der Waals surface area contributed by atoms with E-state index in [-0.39, 0.29) is 5.91 Å². The summed E-state index contributed by atoms with van der Waals surface area (Å²) in [5.41, 5.74) is 2.26. The van der Waals surface area contributed by atoms with Crippen LogP contribution >= 0.6 is 23.5 Å². The summed E-state index contributed by atoms with van der Waals surface area (Å²) in [6, 6.07) is 8.36. The SMILES string of the molecule is CC(CC(=O)Nc1cccc(C2SCCS2)c1)C1CCCNC1. The van der Waals surface area contributed by atoms with Crippen molar-refractivity contribution < 1.29 is 4.79 Å². The summed E-state index contributed by atoms with van der Waals surface area (Å²) in [4.78, 5) is 12.4. The third-order valence-corrected chi connectivity index (χ3v) is 7.82. The van der Waals surface area contributed by atoms with Crippen molar-refractivity contribution in [1.29, 1.82) is 0 Å². The van der Waals surface area contributed by atoms with Gasteiger partial charge in [-0.05, 0) is 55.5 Å². The fraction of sp³-hybridized carbons (Fsp3) is 0.611. The van der Waals surface area contributed by atoms with Crippen molar-refractivity contribution in [1.82, 2.24) is 5.32 Å². The molecular weight excluding hydrogens is 324 g/mol. The molecule has 23 heavy (non-hydrogen) atoms. The molecule has 2 aliphatic heterocycles. The molecule has 0 saturated carbocycles. The number of amides is 1. The van der Waals surface area contributed by atoms with Crippen LogP contribution in [0.2, 0.25) is 0 Å². The quantitative estimate of drug-likeness (QED) is 0.838. The summed E-state index contributed by atoms with van der Waals surface area (Å²) < 4.78 is 0.527. The molecule has 3 nitrogen and oxygen atoms in total. The first kappa shape index (κ1) is 17.2. The molecule has 0 spiro atoms. The molecule has 2 unspecified atom stereocenters. The van der Waals surface area contributed by atoms with E-state index in [1.54, 1.807) is 0 Å². The molecule has 0 aliphatic carbocycles. The number of hydrogen-bond acceptors (Lipinski definition) is 4. The molecule has 3 rings (SSSR count). The Morgan fingerprint density at radius 1 is 1.39 bits per heavy atom. The Kier molecular flexibility index (Phi) is 6.31. The molecule has 2 atom stereocenters. The average molecular weight is 351 g/mol. The van der Waals surface area contributed by atoms with Crippen molar-refractivity contribution in [3.05, 3.63) is 29.8 Å². The fourth-order valence-corrected chi connectivity index (χ4v) is 6.19. The lowest BCUT2D eigenvalue weighted by Gasteiger charge is -2.28. The number of carbonyl (C=O) groups is 1. The van der Waals surface area contributed by atoms with Crippen LogP contribution in [0.15, 0.2) is 24.3 Å². The smallest absolute Gasteiger partial charge is 0.224 e. The van der Waals surface area contributed by atoms with E-state index in [1.165, 1.54) is 29.9 Å². The van der Waals surface area contributed by atoms with Gasteiger partial charge >= 0.3 is 0 Å². The summed E-state index contributed by atoms with van der Waals surface area (Å²) in [6.07, 6.45) is 3.09. The third kappa shape index (κ3) is 4.91. The fourth-order valence-electron chi connectivity index (χ4n) is 3.35. The molecule has 0 bridgehead atoms. The molecule has 1 aromatic carbocycles. The van der Waals surface area contributed by atoms with Gasteiger partial charge in [-0.15, -0.1) is 23.5 Å². The number of hydrogen-bond donors (Lipinski definition) is 2. The predicted molar refractivity (Wildman–Crippen MR) is 102 cm³/mol. The van der Waals surface area contributed by atoms with Crippen molar-refractivity contribution in [2.24, 2.45) is 11.8 Å². The molecule has 126 valence electrons. The minimum atomic E-state index is 0.145. The Morgan fingerprint density at radius 2 is 2.22 bits per heavy atom. The van der Waals surface area contributed by atoms with Crippen LogP contribution in [-0.4, -0.2) is 30.5 Å². The number of carbonyl (C=O) groups excluding carboxylic acids is 1. The van der Waals surface area contributed by atoms with E-state index in [9.17, 15) is 4.79 Å². The van der Waals surface area contributed by atoms with Gasteiger partial charge in [-0.25, -0.2) is 0 Å². The Hall–Kier alpha value is -0.650. The van der Waals surface area contributed by atoms with E-state index in [4.69, 9.17) is 0 Å². The largest absolute Gasteiger partial charge is 0.326 e. The summed E-state index contributed by atoms with van der Waals surface area (Å²) >= 11 is 3.99. The number of anilines is 1. The van der Waals surface area contributed by atoms with Crippen LogP contribution in [0.5, 0.6) is 0 Å². The molecule has 2 N–H and O–H groups in total. The Balaban J connectivity index is 1.53. The highest BCUT2D eigenvalue weighted by molar-refractivity contribution is 8.19. The Morgan fingerprint density at radius 3 is 2.96 bits per heavy atom. The third-order valence-electron chi connectivity index (χ3n) is 4.71. The van der Waals surface area contributed by atoms with E-state index in [0.29, 0.717) is 22.8 Å². The summed E-state index contributed by atoms with van der Waals surface area (Å²) in [7, 11) is 0. The van der Waals surface area contributed by atoms with Crippen LogP contribution in [0, 0.1) is 11.8 Å². The molecule has 2 heterocycles.